The van der Waals surface area contributed by atoms with E-state index in [-0.39, 0.29) is 6.10 Å². The molecule has 0 spiro atoms. The Kier molecular flexibility index (Phi) is 6.73. The zero-order chi connectivity index (χ0) is 12.5. The fourth-order valence-electron chi connectivity index (χ4n) is 1.52. The van der Waals surface area contributed by atoms with E-state index in [2.05, 4.69) is 10.3 Å². The largest absolute Gasteiger partial charge is 0.382 e. The molecule has 1 atom stereocenters. The van der Waals surface area contributed by atoms with Crippen LogP contribution in [0.3, 0.4) is 0 Å². The number of ether oxygens (including phenoxy) is 2. The summed E-state index contributed by atoms with van der Waals surface area (Å²) in [5.74, 6) is 0. The van der Waals surface area contributed by atoms with Crippen LogP contribution in [-0.4, -0.2) is 38.5 Å². The van der Waals surface area contributed by atoms with Gasteiger partial charge in [0.1, 0.15) is 0 Å². The Balaban J connectivity index is 2.34. The van der Waals surface area contributed by atoms with Gasteiger partial charge >= 0.3 is 0 Å². The van der Waals surface area contributed by atoms with Crippen molar-refractivity contribution in [3.8, 4) is 0 Å². The van der Waals surface area contributed by atoms with Crippen LogP contribution in [0.15, 0.2) is 18.3 Å². The normalized spacial score (nSPS) is 12.6. The minimum atomic E-state index is 0.0795. The SMILES string of the molecule is COCC(CNCc1ccnc(CN)c1)OC. The van der Waals surface area contributed by atoms with Crippen molar-refractivity contribution >= 4 is 0 Å². The van der Waals surface area contributed by atoms with Crippen LogP contribution in [0, 0.1) is 0 Å². The van der Waals surface area contributed by atoms with E-state index >= 15 is 0 Å². The molecule has 0 aliphatic rings. The van der Waals surface area contributed by atoms with Crippen molar-refractivity contribution in [1.29, 1.82) is 0 Å². The molecule has 0 aliphatic carbocycles. The van der Waals surface area contributed by atoms with Crippen molar-refractivity contribution in [2.75, 3.05) is 27.4 Å². The first-order valence-electron chi connectivity index (χ1n) is 5.66. The predicted molar refractivity (Wildman–Crippen MR) is 66.5 cm³/mol. The monoisotopic (exact) mass is 239 g/mol. The lowest BCUT2D eigenvalue weighted by Gasteiger charge is -2.15. The first-order valence-corrected chi connectivity index (χ1v) is 5.66. The summed E-state index contributed by atoms with van der Waals surface area (Å²) in [5.41, 5.74) is 7.62. The summed E-state index contributed by atoms with van der Waals surface area (Å²) in [5, 5.41) is 3.32. The molecule has 5 nitrogen and oxygen atoms in total. The number of rotatable bonds is 8. The third kappa shape index (κ3) is 5.23. The van der Waals surface area contributed by atoms with Gasteiger partial charge in [-0.2, -0.15) is 0 Å². The Morgan fingerprint density at radius 1 is 1.47 bits per heavy atom. The summed E-state index contributed by atoms with van der Waals surface area (Å²) in [6, 6.07) is 3.98. The Labute approximate surface area is 102 Å². The second-order valence-corrected chi connectivity index (χ2v) is 3.80. The Bertz CT molecular complexity index is 320. The lowest BCUT2D eigenvalue weighted by atomic mass is 10.2. The van der Waals surface area contributed by atoms with Gasteiger partial charge in [0.15, 0.2) is 0 Å². The molecule has 0 saturated heterocycles. The third-order valence-corrected chi connectivity index (χ3v) is 2.48. The van der Waals surface area contributed by atoms with E-state index in [0.29, 0.717) is 13.2 Å². The molecule has 1 rings (SSSR count). The first-order chi connectivity index (χ1) is 8.30. The number of nitrogens with one attached hydrogen (secondary N) is 1. The number of nitrogens with zero attached hydrogens (tertiary/aromatic N) is 1. The number of aromatic nitrogens is 1. The van der Waals surface area contributed by atoms with Gasteiger partial charge in [-0.05, 0) is 17.7 Å². The average molecular weight is 239 g/mol. The molecule has 5 heteroatoms. The van der Waals surface area contributed by atoms with Gasteiger partial charge in [-0.25, -0.2) is 0 Å². The zero-order valence-corrected chi connectivity index (χ0v) is 10.5. The van der Waals surface area contributed by atoms with Crippen LogP contribution in [0.2, 0.25) is 0 Å². The van der Waals surface area contributed by atoms with Crippen LogP contribution >= 0.6 is 0 Å². The van der Waals surface area contributed by atoms with Gasteiger partial charge in [0.25, 0.3) is 0 Å². The quantitative estimate of drug-likeness (QED) is 0.682. The highest BCUT2D eigenvalue weighted by Gasteiger charge is 2.05. The molecule has 0 aliphatic heterocycles. The lowest BCUT2D eigenvalue weighted by molar-refractivity contribution is 0.0288. The summed E-state index contributed by atoms with van der Waals surface area (Å²) >= 11 is 0. The molecule has 1 aromatic rings. The predicted octanol–water partition coefficient (Wildman–Crippen LogP) is 0.291. The number of hydrogen-bond donors (Lipinski definition) is 2. The van der Waals surface area contributed by atoms with E-state index in [1.54, 1.807) is 20.4 Å². The standard InChI is InChI=1S/C12H21N3O2/c1-16-9-12(17-2)8-14-7-10-3-4-15-11(5-10)6-13/h3-5,12,14H,6-9,13H2,1-2H3. The van der Waals surface area contributed by atoms with Crippen LogP contribution in [0.1, 0.15) is 11.3 Å². The molecule has 0 aromatic carbocycles. The smallest absolute Gasteiger partial charge is 0.0928 e. The van der Waals surface area contributed by atoms with Crippen LogP contribution in [0.25, 0.3) is 0 Å². The van der Waals surface area contributed by atoms with Crippen molar-refractivity contribution in [2.24, 2.45) is 5.73 Å². The molecule has 17 heavy (non-hydrogen) atoms. The van der Waals surface area contributed by atoms with E-state index in [9.17, 15) is 0 Å². The summed E-state index contributed by atoms with van der Waals surface area (Å²) in [6.45, 7) is 2.59. The molecule has 1 aromatic heterocycles. The minimum absolute atomic E-state index is 0.0795. The molecule has 3 N–H and O–H groups in total. The second-order valence-electron chi connectivity index (χ2n) is 3.80. The molecule has 0 fully saturated rings. The molecule has 0 bridgehead atoms. The third-order valence-electron chi connectivity index (χ3n) is 2.48. The van der Waals surface area contributed by atoms with Crippen molar-refractivity contribution in [3.05, 3.63) is 29.6 Å². The van der Waals surface area contributed by atoms with Gasteiger partial charge in [0.2, 0.25) is 0 Å². The number of hydrogen-bond acceptors (Lipinski definition) is 5. The maximum Gasteiger partial charge on any atom is 0.0928 e. The van der Waals surface area contributed by atoms with Gasteiger partial charge in [-0.15, -0.1) is 0 Å². The molecule has 0 radical (unpaired) electrons. The van der Waals surface area contributed by atoms with E-state index in [1.165, 1.54) is 5.56 Å². The summed E-state index contributed by atoms with van der Waals surface area (Å²) in [7, 11) is 3.35. The fourth-order valence-corrected chi connectivity index (χ4v) is 1.52. The van der Waals surface area contributed by atoms with Crippen molar-refractivity contribution in [1.82, 2.24) is 10.3 Å². The summed E-state index contributed by atoms with van der Waals surface area (Å²) in [4.78, 5) is 4.15. The van der Waals surface area contributed by atoms with E-state index in [4.69, 9.17) is 15.2 Å². The van der Waals surface area contributed by atoms with Gasteiger partial charge in [-0.1, -0.05) is 0 Å². The lowest BCUT2D eigenvalue weighted by Crippen LogP contribution is -2.31. The number of methoxy groups -OCH3 is 2. The van der Waals surface area contributed by atoms with E-state index in [1.807, 2.05) is 12.1 Å². The summed E-state index contributed by atoms with van der Waals surface area (Å²) < 4.78 is 10.3. The van der Waals surface area contributed by atoms with Crippen LogP contribution in [0.4, 0.5) is 0 Å². The van der Waals surface area contributed by atoms with Gasteiger partial charge in [-0.3, -0.25) is 4.98 Å². The van der Waals surface area contributed by atoms with Gasteiger partial charge < -0.3 is 20.5 Å². The second kappa shape index (κ2) is 8.14. The highest BCUT2D eigenvalue weighted by atomic mass is 16.5. The Morgan fingerprint density at radius 3 is 2.94 bits per heavy atom. The maximum absolute atomic E-state index is 5.54. The average Bonchev–Trinajstić information content (AvgIpc) is 2.38. The topological polar surface area (TPSA) is 69.4 Å². The van der Waals surface area contributed by atoms with E-state index in [0.717, 1.165) is 18.8 Å². The fraction of sp³-hybridized carbons (Fsp3) is 0.583. The van der Waals surface area contributed by atoms with Crippen LogP contribution in [-0.2, 0) is 22.6 Å². The maximum atomic E-state index is 5.54. The highest BCUT2D eigenvalue weighted by Crippen LogP contribution is 2.01. The van der Waals surface area contributed by atoms with Crippen molar-refractivity contribution in [3.63, 3.8) is 0 Å². The molecule has 1 heterocycles. The Hall–Kier alpha value is -1.01. The number of pyridine rings is 1. The van der Waals surface area contributed by atoms with Gasteiger partial charge in [0.05, 0.1) is 18.4 Å². The van der Waals surface area contributed by atoms with Crippen LogP contribution < -0.4 is 11.1 Å². The van der Waals surface area contributed by atoms with Gasteiger partial charge in [0, 0.05) is 40.1 Å². The summed E-state index contributed by atoms with van der Waals surface area (Å²) in [6.07, 6.45) is 1.86. The highest BCUT2D eigenvalue weighted by molar-refractivity contribution is 5.15. The number of nitrogens with two attached hydrogens (primary N) is 1. The molecular formula is C12H21N3O2. The molecular weight excluding hydrogens is 218 g/mol. The molecule has 96 valence electrons. The Morgan fingerprint density at radius 2 is 2.29 bits per heavy atom. The first kappa shape index (κ1) is 14.1. The molecule has 0 saturated carbocycles. The molecule has 1 unspecified atom stereocenters. The zero-order valence-electron chi connectivity index (χ0n) is 10.5. The molecule has 0 amide bonds. The van der Waals surface area contributed by atoms with Crippen LogP contribution in [0.5, 0.6) is 0 Å². The van der Waals surface area contributed by atoms with Crippen molar-refractivity contribution in [2.45, 2.75) is 19.2 Å². The minimum Gasteiger partial charge on any atom is -0.382 e. The van der Waals surface area contributed by atoms with Crippen molar-refractivity contribution < 1.29 is 9.47 Å². The van der Waals surface area contributed by atoms with E-state index < -0.39 is 0 Å².